The van der Waals surface area contributed by atoms with Crippen LogP contribution in [0.4, 0.5) is 5.69 Å². The van der Waals surface area contributed by atoms with E-state index >= 15 is 0 Å². The lowest BCUT2D eigenvalue weighted by molar-refractivity contribution is -0.117. The molecular formula is C19H17ClN2O4. The zero-order chi connectivity index (χ0) is 18.4. The number of hydrogen-bond donors (Lipinski definition) is 2. The van der Waals surface area contributed by atoms with Crippen LogP contribution in [0.2, 0.25) is 5.02 Å². The number of nitrogens with one attached hydrogen (secondary N) is 2. The summed E-state index contributed by atoms with van der Waals surface area (Å²) in [6.45, 7) is 0.345. The maximum atomic E-state index is 12.0. The van der Waals surface area contributed by atoms with E-state index in [9.17, 15) is 9.59 Å². The molecule has 0 unspecified atom stereocenters. The molecule has 0 aromatic heterocycles. The first kappa shape index (κ1) is 17.8. The third-order valence-electron chi connectivity index (χ3n) is 3.61. The van der Waals surface area contributed by atoms with Crippen molar-refractivity contribution in [2.45, 2.75) is 6.42 Å². The van der Waals surface area contributed by atoms with E-state index in [4.69, 9.17) is 21.1 Å². The maximum Gasteiger partial charge on any atom is 0.244 e. The molecule has 0 fully saturated rings. The van der Waals surface area contributed by atoms with Crippen LogP contribution in [-0.4, -0.2) is 25.2 Å². The molecular weight excluding hydrogens is 356 g/mol. The number of carbonyl (C=O) groups excluding carboxylic acids is 2. The molecule has 3 rings (SSSR count). The van der Waals surface area contributed by atoms with Gasteiger partial charge in [0.25, 0.3) is 0 Å². The summed E-state index contributed by atoms with van der Waals surface area (Å²) < 4.78 is 10.5. The van der Waals surface area contributed by atoms with E-state index in [0.717, 1.165) is 5.56 Å². The molecule has 0 bridgehead atoms. The van der Waals surface area contributed by atoms with Crippen LogP contribution in [0.3, 0.4) is 0 Å². The highest BCUT2D eigenvalue weighted by Crippen LogP contribution is 2.39. The third kappa shape index (κ3) is 4.77. The van der Waals surface area contributed by atoms with E-state index in [2.05, 4.69) is 10.6 Å². The normalized spacial score (nSPS) is 12.2. The molecule has 1 aliphatic heterocycles. The van der Waals surface area contributed by atoms with Crippen molar-refractivity contribution < 1.29 is 19.1 Å². The van der Waals surface area contributed by atoms with Crippen LogP contribution in [-0.2, 0) is 9.59 Å². The number of hydrogen-bond acceptors (Lipinski definition) is 4. The average molecular weight is 373 g/mol. The van der Waals surface area contributed by atoms with Crippen LogP contribution in [0, 0.1) is 0 Å². The smallest absolute Gasteiger partial charge is 0.244 e. The van der Waals surface area contributed by atoms with E-state index < -0.39 is 0 Å². The van der Waals surface area contributed by atoms with Gasteiger partial charge >= 0.3 is 0 Å². The molecule has 0 aliphatic carbocycles. The average Bonchev–Trinajstić information content (AvgIpc) is 3.08. The standard InChI is InChI=1S/C19H17ClN2O4/c20-14-10-16-17(26-12-25-16)11-15(14)22-19(24)8-9-21-18(23)7-6-13-4-2-1-3-5-13/h1-7,10-11H,8-9,12H2,(H,21,23)(H,22,24)/b7-6+. The Morgan fingerprint density at radius 1 is 1.12 bits per heavy atom. The van der Waals surface area contributed by atoms with Crippen LogP contribution in [0.5, 0.6) is 11.5 Å². The Morgan fingerprint density at radius 2 is 1.85 bits per heavy atom. The minimum absolute atomic E-state index is 0.121. The first-order valence-corrected chi connectivity index (χ1v) is 8.39. The molecule has 134 valence electrons. The van der Waals surface area contributed by atoms with Crippen molar-refractivity contribution in [3.05, 3.63) is 59.1 Å². The summed E-state index contributed by atoms with van der Waals surface area (Å²) in [5.74, 6) is 0.551. The third-order valence-corrected chi connectivity index (χ3v) is 3.93. The Labute approximate surface area is 155 Å². The fraction of sp³-hybridized carbons (Fsp3) is 0.158. The van der Waals surface area contributed by atoms with Crippen LogP contribution < -0.4 is 20.1 Å². The SMILES string of the molecule is O=C(/C=C/c1ccccc1)NCCC(=O)Nc1cc2c(cc1Cl)OCO2. The molecule has 2 amide bonds. The number of amides is 2. The second-order valence-corrected chi connectivity index (χ2v) is 5.93. The van der Waals surface area contributed by atoms with E-state index in [1.807, 2.05) is 30.3 Å². The van der Waals surface area contributed by atoms with Gasteiger partial charge in [0, 0.05) is 31.2 Å². The van der Waals surface area contributed by atoms with Crippen molar-refractivity contribution in [2.75, 3.05) is 18.7 Å². The summed E-state index contributed by atoms with van der Waals surface area (Å²) in [4.78, 5) is 23.8. The van der Waals surface area contributed by atoms with Crippen molar-refractivity contribution in [3.63, 3.8) is 0 Å². The molecule has 7 heteroatoms. The zero-order valence-electron chi connectivity index (χ0n) is 13.8. The lowest BCUT2D eigenvalue weighted by Crippen LogP contribution is -2.26. The Hall–Kier alpha value is -2.99. The van der Waals surface area contributed by atoms with Crippen molar-refractivity contribution >= 4 is 35.2 Å². The highest BCUT2D eigenvalue weighted by molar-refractivity contribution is 6.34. The van der Waals surface area contributed by atoms with E-state index in [1.165, 1.54) is 6.08 Å². The van der Waals surface area contributed by atoms with Crippen LogP contribution in [0.15, 0.2) is 48.5 Å². The highest BCUT2D eigenvalue weighted by atomic mass is 35.5. The molecule has 2 N–H and O–H groups in total. The molecule has 1 aliphatic rings. The zero-order valence-corrected chi connectivity index (χ0v) is 14.6. The summed E-state index contributed by atoms with van der Waals surface area (Å²) in [6, 6.07) is 12.7. The lowest BCUT2D eigenvalue weighted by Gasteiger charge is -2.08. The quantitative estimate of drug-likeness (QED) is 0.763. The molecule has 1 heterocycles. The first-order valence-electron chi connectivity index (χ1n) is 8.02. The number of anilines is 1. The summed E-state index contributed by atoms with van der Waals surface area (Å²) >= 11 is 6.11. The van der Waals surface area contributed by atoms with Crippen LogP contribution >= 0.6 is 11.6 Å². The van der Waals surface area contributed by atoms with Gasteiger partial charge in [-0.15, -0.1) is 0 Å². The molecule has 0 spiro atoms. The monoisotopic (exact) mass is 372 g/mol. The number of rotatable bonds is 6. The number of fused-ring (bicyclic) bond motifs is 1. The minimum Gasteiger partial charge on any atom is -0.454 e. The number of ether oxygens (including phenoxy) is 2. The Kier molecular flexibility index (Phi) is 5.76. The van der Waals surface area contributed by atoms with Gasteiger partial charge in [-0.25, -0.2) is 0 Å². The van der Waals surface area contributed by atoms with Crippen molar-refractivity contribution in [1.29, 1.82) is 0 Å². The number of carbonyl (C=O) groups is 2. The highest BCUT2D eigenvalue weighted by Gasteiger charge is 2.17. The molecule has 0 saturated heterocycles. The molecule has 2 aromatic carbocycles. The summed E-state index contributed by atoms with van der Waals surface area (Å²) in [5.41, 5.74) is 1.37. The maximum absolute atomic E-state index is 12.0. The van der Waals surface area contributed by atoms with Crippen molar-refractivity contribution in [2.24, 2.45) is 0 Å². The second kappa shape index (κ2) is 8.40. The summed E-state index contributed by atoms with van der Waals surface area (Å²) in [6.07, 6.45) is 3.26. The van der Waals surface area contributed by atoms with Gasteiger partial charge < -0.3 is 20.1 Å². The molecule has 0 atom stereocenters. The number of halogens is 1. The lowest BCUT2D eigenvalue weighted by atomic mass is 10.2. The van der Waals surface area contributed by atoms with Gasteiger partial charge in [0.05, 0.1) is 10.7 Å². The Morgan fingerprint density at radius 3 is 2.62 bits per heavy atom. The van der Waals surface area contributed by atoms with Gasteiger partial charge in [-0.1, -0.05) is 41.9 Å². The number of benzene rings is 2. The largest absolute Gasteiger partial charge is 0.454 e. The summed E-state index contributed by atoms with van der Waals surface area (Å²) in [5, 5.41) is 5.72. The van der Waals surface area contributed by atoms with Gasteiger partial charge in [0.2, 0.25) is 18.6 Å². The topological polar surface area (TPSA) is 76.7 Å². The molecule has 0 radical (unpaired) electrons. The van der Waals surface area contributed by atoms with Crippen molar-refractivity contribution in [3.8, 4) is 11.5 Å². The van der Waals surface area contributed by atoms with Crippen molar-refractivity contribution in [1.82, 2.24) is 5.32 Å². The Bertz CT molecular complexity index is 837. The predicted octanol–water partition coefficient (Wildman–Crippen LogP) is 3.23. The molecule has 26 heavy (non-hydrogen) atoms. The Balaban J connectivity index is 1.44. The van der Waals surface area contributed by atoms with E-state index in [0.29, 0.717) is 22.2 Å². The minimum atomic E-state index is -0.266. The van der Waals surface area contributed by atoms with Gasteiger partial charge in [-0.2, -0.15) is 0 Å². The molecule has 6 nitrogen and oxygen atoms in total. The van der Waals surface area contributed by atoms with E-state index in [1.54, 1.807) is 18.2 Å². The van der Waals surface area contributed by atoms with Gasteiger partial charge in [0.15, 0.2) is 11.5 Å². The summed E-state index contributed by atoms with van der Waals surface area (Å²) in [7, 11) is 0. The molecule has 0 saturated carbocycles. The first-order chi connectivity index (χ1) is 12.6. The molecule has 2 aromatic rings. The van der Waals surface area contributed by atoms with Crippen LogP contribution in [0.1, 0.15) is 12.0 Å². The fourth-order valence-corrected chi connectivity index (χ4v) is 2.52. The van der Waals surface area contributed by atoms with E-state index in [-0.39, 0.29) is 31.6 Å². The van der Waals surface area contributed by atoms with Crippen LogP contribution in [0.25, 0.3) is 6.08 Å². The van der Waals surface area contributed by atoms with Gasteiger partial charge in [0.1, 0.15) is 0 Å². The predicted molar refractivity (Wildman–Crippen MR) is 99.3 cm³/mol. The second-order valence-electron chi connectivity index (χ2n) is 5.52. The van der Waals surface area contributed by atoms with Gasteiger partial charge in [-0.05, 0) is 11.6 Å². The van der Waals surface area contributed by atoms with Gasteiger partial charge in [-0.3, -0.25) is 9.59 Å². The fourth-order valence-electron chi connectivity index (χ4n) is 2.32.